The van der Waals surface area contributed by atoms with Crippen molar-refractivity contribution in [2.75, 3.05) is 5.32 Å². The number of aromatic nitrogens is 2. The number of anilines is 1. The van der Waals surface area contributed by atoms with E-state index in [1.54, 1.807) is 36.7 Å². The standard InChI is InChI=1S/C15H13N3O3S/c1-10-9-22-15(17-10)18-14(19)13-3-2-12(21-13)8-20-11-4-6-16-7-5-11/h2-7,9H,8H2,1H3,(H,17,18,19). The number of nitrogens with zero attached hydrogens (tertiary/aromatic N) is 2. The minimum absolute atomic E-state index is 0.223. The molecule has 0 atom stereocenters. The first kappa shape index (κ1) is 14.3. The Bertz CT molecular complexity index is 767. The number of carbonyl (C=O) groups is 1. The van der Waals surface area contributed by atoms with Crippen LogP contribution in [0.25, 0.3) is 0 Å². The Kier molecular flexibility index (Phi) is 4.15. The van der Waals surface area contributed by atoms with Crippen molar-refractivity contribution in [2.24, 2.45) is 0 Å². The third kappa shape index (κ3) is 3.50. The summed E-state index contributed by atoms with van der Waals surface area (Å²) in [5.41, 5.74) is 0.867. The number of carbonyl (C=O) groups excluding carboxylic acids is 1. The normalized spacial score (nSPS) is 10.4. The van der Waals surface area contributed by atoms with Crippen LogP contribution in [0.5, 0.6) is 5.75 Å². The van der Waals surface area contributed by atoms with E-state index >= 15 is 0 Å². The van der Waals surface area contributed by atoms with Crippen molar-refractivity contribution in [1.29, 1.82) is 0 Å². The Morgan fingerprint density at radius 1 is 1.32 bits per heavy atom. The number of ether oxygens (including phenoxy) is 1. The Hall–Kier alpha value is -2.67. The maximum Gasteiger partial charge on any atom is 0.293 e. The molecule has 22 heavy (non-hydrogen) atoms. The van der Waals surface area contributed by atoms with E-state index in [1.165, 1.54) is 11.3 Å². The van der Waals surface area contributed by atoms with Gasteiger partial charge in [-0.2, -0.15) is 0 Å². The van der Waals surface area contributed by atoms with Gasteiger partial charge in [0.05, 0.1) is 5.69 Å². The zero-order valence-corrected chi connectivity index (χ0v) is 12.6. The number of thiazole rings is 1. The summed E-state index contributed by atoms with van der Waals surface area (Å²) in [4.78, 5) is 20.1. The molecule has 0 aliphatic heterocycles. The van der Waals surface area contributed by atoms with Gasteiger partial charge >= 0.3 is 0 Å². The molecule has 3 aromatic rings. The zero-order valence-electron chi connectivity index (χ0n) is 11.8. The van der Waals surface area contributed by atoms with Gasteiger partial charge in [0.15, 0.2) is 10.9 Å². The summed E-state index contributed by atoms with van der Waals surface area (Å²) >= 11 is 1.37. The molecular weight excluding hydrogens is 302 g/mol. The predicted molar refractivity (Wildman–Crippen MR) is 82.1 cm³/mol. The summed E-state index contributed by atoms with van der Waals surface area (Å²) in [5.74, 6) is 1.15. The van der Waals surface area contributed by atoms with E-state index in [9.17, 15) is 4.79 Å². The molecule has 1 N–H and O–H groups in total. The molecule has 0 aromatic carbocycles. The van der Waals surface area contributed by atoms with Gasteiger partial charge in [0, 0.05) is 17.8 Å². The monoisotopic (exact) mass is 315 g/mol. The van der Waals surface area contributed by atoms with E-state index in [4.69, 9.17) is 9.15 Å². The summed E-state index contributed by atoms with van der Waals surface area (Å²) in [7, 11) is 0. The van der Waals surface area contributed by atoms with E-state index < -0.39 is 0 Å². The highest BCUT2D eigenvalue weighted by Crippen LogP contribution is 2.17. The van der Waals surface area contributed by atoms with Gasteiger partial charge < -0.3 is 9.15 Å². The lowest BCUT2D eigenvalue weighted by molar-refractivity contribution is 0.0992. The number of hydrogen-bond acceptors (Lipinski definition) is 6. The van der Waals surface area contributed by atoms with Crippen LogP contribution in [0, 0.1) is 6.92 Å². The summed E-state index contributed by atoms with van der Waals surface area (Å²) < 4.78 is 11.0. The fraction of sp³-hybridized carbons (Fsp3) is 0.133. The van der Waals surface area contributed by atoms with E-state index in [0.717, 1.165) is 5.69 Å². The van der Waals surface area contributed by atoms with Crippen LogP contribution < -0.4 is 10.1 Å². The van der Waals surface area contributed by atoms with E-state index in [2.05, 4.69) is 15.3 Å². The lowest BCUT2D eigenvalue weighted by Gasteiger charge is -2.03. The summed E-state index contributed by atoms with van der Waals surface area (Å²) in [6, 6.07) is 6.83. The highest BCUT2D eigenvalue weighted by Gasteiger charge is 2.13. The van der Waals surface area contributed by atoms with E-state index in [1.807, 2.05) is 12.3 Å². The van der Waals surface area contributed by atoms with Gasteiger partial charge in [-0.15, -0.1) is 11.3 Å². The maximum atomic E-state index is 12.0. The van der Waals surface area contributed by atoms with Gasteiger partial charge in [0.2, 0.25) is 0 Å². The van der Waals surface area contributed by atoms with Crippen LogP contribution in [0.15, 0.2) is 46.5 Å². The fourth-order valence-corrected chi connectivity index (χ4v) is 2.42. The topological polar surface area (TPSA) is 77.2 Å². The number of pyridine rings is 1. The van der Waals surface area contributed by atoms with Crippen molar-refractivity contribution in [3.8, 4) is 5.75 Å². The molecule has 7 heteroatoms. The predicted octanol–water partition coefficient (Wildman–Crippen LogP) is 3.27. The average molecular weight is 315 g/mol. The first-order valence-electron chi connectivity index (χ1n) is 6.56. The Balaban J connectivity index is 1.59. The van der Waals surface area contributed by atoms with Gasteiger partial charge in [-0.3, -0.25) is 15.1 Å². The number of hydrogen-bond donors (Lipinski definition) is 1. The molecule has 0 spiro atoms. The van der Waals surface area contributed by atoms with Crippen LogP contribution in [-0.2, 0) is 6.61 Å². The minimum Gasteiger partial charge on any atom is -0.486 e. The number of furan rings is 1. The first-order chi connectivity index (χ1) is 10.7. The SMILES string of the molecule is Cc1csc(NC(=O)c2ccc(COc3ccncc3)o2)n1. The van der Waals surface area contributed by atoms with Crippen molar-refractivity contribution in [3.63, 3.8) is 0 Å². The largest absolute Gasteiger partial charge is 0.486 e. The lowest BCUT2D eigenvalue weighted by Crippen LogP contribution is -2.10. The summed E-state index contributed by atoms with van der Waals surface area (Å²) in [5, 5.41) is 5.11. The fourth-order valence-electron chi connectivity index (χ4n) is 1.74. The summed E-state index contributed by atoms with van der Waals surface area (Å²) in [6.07, 6.45) is 3.29. The van der Waals surface area contributed by atoms with Crippen LogP contribution >= 0.6 is 11.3 Å². The molecular formula is C15H13N3O3S. The molecule has 3 aromatic heterocycles. The molecule has 0 aliphatic carbocycles. The number of aryl methyl sites for hydroxylation is 1. The third-order valence-electron chi connectivity index (χ3n) is 2.76. The first-order valence-corrected chi connectivity index (χ1v) is 7.44. The highest BCUT2D eigenvalue weighted by atomic mass is 32.1. The van der Waals surface area contributed by atoms with Crippen LogP contribution in [0.3, 0.4) is 0 Å². The highest BCUT2D eigenvalue weighted by molar-refractivity contribution is 7.13. The molecule has 0 saturated carbocycles. The van der Waals surface area contributed by atoms with Gasteiger partial charge in [-0.25, -0.2) is 4.98 Å². The van der Waals surface area contributed by atoms with Crippen molar-refractivity contribution in [3.05, 3.63) is 59.3 Å². The van der Waals surface area contributed by atoms with Crippen molar-refractivity contribution in [2.45, 2.75) is 13.5 Å². The van der Waals surface area contributed by atoms with Crippen molar-refractivity contribution in [1.82, 2.24) is 9.97 Å². The van der Waals surface area contributed by atoms with Crippen molar-refractivity contribution < 1.29 is 13.9 Å². The molecule has 6 nitrogen and oxygen atoms in total. The Morgan fingerprint density at radius 2 is 2.14 bits per heavy atom. The second-order valence-electron chi connectivity index (χ2n) is 4.49. The maximum absolute atomic E-state index is 12.0. The van der Waals surface area contributed by atoms with Gasteiger partial charge in [-0.1, -0.05) is 0 Å². The molecule has 0 saturated heterocycles. The quantitative estimate of drug-likeness (QED) is 0.782. The van der Waals surface area contributed by atoms with Crippen LogP contribution in [0.2, 0.25) is 0 Å². The molecule has 0 aliphatic rings. The molecule has 0 bridgehead atoms. The second-order valence-corrected chi connectivity index (χ2v) is 5.34. The average Bonchev–Trinajstić information content (AvgIpc) is 3.15. The smallest absolute Gasteiger partial charge is 0.293 e. The summed E-state index contributed by atoms with van der Waals surface area (Å²) in [6.45, 7) is 2.11. The number of rotatable bonds is 5. The van der Waals surface area contributed by atoms with Gasteiger partial charge in [0.25, 0.3) is 5.91 Å². The zero-order chi connectivity index (χ0) is 15.4. The Morgan fingerprint density at radius 3 is 2.86 bits per heavy atom. The third-order valence-corrected chi connectivity index (χ3v) is 3.63. The molecule has 0 unspecified atom stereocenters. The van der Waals surface area contributed by atoms with E-state index in [0.29, 0.717) is 16.6 Å². The van der Waals surface area contributed by atoms with E-state index in [-0.39, 0.29) is 18.3 Å². The molecule has 112 valence electrons. The Labute approximate surface area is 130 Å². The molecule has 0 fully saturated rings. The van der Waals surface area contributed by atoms with Crippen LogP contribution in [-0.4, -0.2) is 15.9 Å². The molecule has 1 amide bonds. The number of amides is 1. The van der Waals surface area contributed by atoms with Gasteiger partial charge in [-0.05, 0) is 31.2 Å². The van der Waals surface area contributed by atoms with Gasteiger partial charge in [0.1, 0.15) is 18.1 Å². The number of nitrogens with one attached hydrogen (secondary N) is 1. The minimum atomic E-state index is -0.329. The molecule has 3 heterocycles. The second kappa shape index (κ2) is 6.40. The molecule has 0 radical (unpaired) electrons. The van der Waals surface area contributed by atoms with Crippen LogP contribution in [0.4, 0.5) is 5.13 Å². The lowest BCUT2D eigenvalue weighted by atomic mass is 10.4. The van der Waals surface area contributed by atoms with Crippen molar-refractivity contribution >= 4 is 22.4 Å². The molecule has 3 rings (SSSR count). The van der Waals surface area contributed by atoms with Crippen LogP contribution in [0.1, 0.15) is 22.0 Å².